The second-order valence-electron chi connectivity index (χ2n) is 9.34. The molecule has 0 unspecified atom stereocenters. The van der Waals surface area contributed by atoms with Crippen LogP contribution in [0.25, 0.3) is 10.1 Å². The van der Waals surface area contributed by atoms with E-state index in [0.717, 1.165) is 24.0 Å². The Morgan fingerprint density at radius 2 is 1.27 bits per heavy atom. The van der Waals surface area contributed by atoms with Gasteiger partial charge in [-0.1, -0.05) is 50.6 Å². The number of hydrogen-bond donors (Lipinski definition) is 0. The molecule has 0 saturated carbocycles. The van der Waals surface area contributed by atoms with Crippen LogP contribution in [0.3, 0.4) is 0 Å². The molecular formula is C32H31ClO7S. The third kappa shape index (κ3) is 8.08. The Labute approximate surface area is 247 Å². The van der Waals surface area contributed by atoms with Crippen LogP contribution in [0.1, 0.15) is 75.8 Å². The average molecular weight is 595 g/mol. The molecular weight excluding hydrogens is 564 g/mol. The second kappa shape index (κ2) is 14.7. The summed E-state index contributed by atoms with van der Waals surface area (Å²) in [5, 5.41) is 1.00. The Morgan fingerprint density at radius 3 is 1.90 bits per heavy atom. The predicted molar refractivity (Wildman–Crippen MR) is 160 cm³/mol. The summed E-state index contributed by atoms with van der Waals surface area (Å²) >= 11 is 7.66. The molecule has 0 bridgehead atoms. The molecule has 0 radical (unpaired) electrons. The van der Waals surface area contributed by atoms with Gasteiger partial charge in [-0.05, 0) is 73.2 Å². The fourth-order valence-corrected chi connectivity index (χ4v) is 5.43. The number of thiophene rings is 1. The number of unbranched alkanes of at least 4 members (excludes halogenated alkanes) is 5. The van der Waals surface area contributed by atoms with Crippen molar-refractivity contribution >= 4 is 50.9 Å². The summed E-state index contributed by atoms with van der Waals surface area (Å²) in [5.74, 6) is -0.426. The number of halogens is 1. The van der Waals surface area contributed by atoms with Crippen molar-refractivity contribution in [2.45, 2.75) is 45.4 Å². The Kier molecular flexibility index (Phi) is 10.8. The molecule has 0 saturated heterocycles. The Bertz CT molecular complexity index is 1490. The molecule has 0 spiro atoms. The lowest BCUT2D eigenvalue weighted by Crippen LogP contribution is -2.10. The van der Waals surface area contributed by atoms with Gasteiger partial charge in [-0.2, -0.15) is 0 Å². The summed E-state index contributed by atoms with van der Waals surface area (Å²) in [6.07, 6.45) is 6.68. The van der Waals surface area contributed by atoms with E-state index in [9.17, 15) is 14.4 Å². The molecule has 0 N–H and O–H groups in total. The highest BCUT2D eigenvalue weighted by Gasteiger charge is 2.20. The lowest BCUT2D eigenvalue weighted by Gasteiger charge is -2.08. The number of hydrogen-bond acceptors (Lipinski definition) is 8. The molecule has 0 fully saturated rings. The first kappa shape index (κ1) is 30.1. The van der Waals surface area contributed by atoms with E-state index in [1.54, 1.807) is 43.5 Å². The molecule has 0 aliphatic carbocycles. The van der Waals surface area contributed by atoms with Crippen molar-refractivity contribution in [3.8, 4) is 17.2 Å². The number of fused-ring (bicyclic) bond motifs is 1. The van der Waals surface area contributed by atoms with E-state index < -0.39 is 17.9 Å². The second-order valence-corrected chi connectivity index (χ2v) is 10.8. The van der Waals surface area contributed by atoms with Gasteiger partial charge in [0.15, 0.2) is 0 Å². The van der Waals surface area contributed by atoms with E-state index in [4.69, 9.17) is 30.5 Å². The summed E-state index contributed by atoms with van der Waals surface area (Å²) in [6, 6.07) is 17.6. The smallest absolute Gasteiger partial charge is 0.355 e. The van der Waals surface area contributed by atoms with Crippen molar-refractivity contribution in [3.63, 3.8) is 0 Å². The largest absolute Gasteiger partial charge is 0.497 e. The van der Waals surface area contributed by atoms with Crippen molar-refractivity contribution in [3.05, 3.63) is 87.8 Å². The number of esters is 3. The van der Waals surface area contributed by atoms with Crippen LogP contribution in [-0.4, -0.2) is 31.6 Å². The van der Waals surface area contributed by atoms with Gasteiger partial charge in [-0.3, -0.25) is 0 Å². The first-order valence-electron chi connectivity index (χ1n) is 13.5. The average Bonchev–Trinajstić information content (AvgIpc) is 3.32. The van der Waals surface area contributed by atoms with Crippen LogP contribution in [0.4, 0.5) is 0 Å². The molecule has 1 aromatic heterocycles. The minimum absolute atomic E-state index is 0.251. The third-order valence-electron chi connectivity index (χ3n) is 6.35. The minimum Gasteiger partial charge on any atom is -0.497 e. The van der Waals surface area contributed by atoms with Crippen molar-refractivity contribution < 1.29 is 33.3 Å². The maximum absolute atomic E-state index is 12.8. The molecule has 0 aliphatic rings. The van der Waals surface area contributed by atoms with E-state index in [0.29, 0.717) is 28.3 Å². The highest BCUT2D eigenvalue weighted by molar-refractivity contribution is 7.21. The van der Waals surface area contributed by atoms with Gasteiger partial charge >= 0.3 is 17.9 Å². The molecule has 4 rings (SSSR count). The third-order valence-corrected chi connectivity index (χ3v) is 8.01. The summed E-state index contributed by atoms with van der Waals surface area (Å²) in [4.78, 5) is 37.9. The SMILES string of the molecule is CCCCCCCCOC(=O)c1ccc(OC(=O)c2ccc(OC(=O)c3sc4ccc(OC)cc4c3Cl)cc2)cc1. The number of carbonyl (C=O) groups excluding carboxylic acids is 3. The van der Waals surface area contributed by atoms with Crippen LogP contribution in [0, 0.1) is 0 Å². The summed E-state index contributed by atoms with van der Waals surface area (Å²) in [6.45, 7) is 2.56. The number of rotatable bonds is 13. The van der Waals surface area contributed by atoms with E-state index >= 15 is 0 Å². The van der Waals surface area contributed by atoms with Crippen LogP contribution in [-0.2, 0) is 4.74 Å². The van der Waals surface area contributed by atoms with Crippen LogP contribution in [0.15, 0.2) is 66.7 Å². The van der Waals surface area contributed by atoms with Crippen LogP contribution < -0.4 is 14.2 Å². The van der Waals surface area contributed by atoms with Crippen LogP contribution in [0.2, 0.25) is 5.02 Å². The van der Waals surface area contributed by atoms with Gasteiger partial charge in [0, 0.05) is 10.1 Å². The maximum Gasteiger partial charge on any atom is 0.355 e. The fraction of sp³-hybridized carbons (Fsp3) is 0.281. The highest BCUT2D eigenvalue weighted by atomic mass is 35.5. The molecule has 41 heavy (non-hydrogen) atoms. The normalized spacial score (nSPS) is 10.8. The topological polar surface area (TPSA) is 88.1 Å². The molecule has 0 atom stereocenters. The molecule has 214 valence electrons. The highest BCUT2D eigenvalue weighted by Crippen LogP contribution is 2.38. The molecule has 1 heterocycles. The molecule has 3 aromatic carbocycles. The number of methoxy groups -OCH3 is 1. The van der Waals surface area contributed by atoms with Crippen molar-refractivity contribution in [2.24, 2.45) is 0 Å². The van der Waals surface area contributed by atoms with E-state index in [-0.39, 0.29) is 21.9 Å². The summed E-state index contributed by atoms with van der Waals surface area (Å²) in [5.41, 5.74) is 0.652. The van der Waals surface area contributed by atoms with E-state index in [2.05, 4.69) is 6.92 Å². The predicted octanol–water partition coefficient (Wildman–Crippen LogP) is 8.52. The van der Waals surface area contributed by atoms with Gasteiger partial charge < -0.3 is 18.9 Å². The quantitative estimate of drug-likeness (QED) is 0.0870. The first-order valence-corrected chi connectivity index (χ1v) is 14.7. The van der Waals surface area contributed by atoms with Gasteiger partial charge in [0.1, 0.15) is 22.1 Å². The maximum atomic E-state index is 12.8. The zero-order valence-corrected chi connectivity index (χ0v) is 24.5. The minimum atomic E-state index is -0.601. The summed E-state index contributed by atoms with van der Waals surface area (Å²) in [7, 11) is 1.56. The molecule has 7 nitrogen and oxygen atoms in total. The Morgan fingerprint density at radius 1 is 0.707 bits per heavy atom. The van der Waals surface area contributed by atoms with Crippen molar-refractivity contribution in [1.29, 1.82) is 0 Å². The lowest BCUT2D eigenvalue weighted by atomic mass is 10.1. The van der Waals surface area contributed by atoms with E-state index in [1.807, 2.05) is 6.07 Å². The zero-order chi connectivity index (χ0) is 29.2. The lowest BCUT2D eigenvalue weighted by molar-refractivity contribution is 0.0497. The van der Waals surface area contributed by atoms with Gasteiger partial charge in [0.25, 0.3) is 0 Å². The number of ether oxygens (including phenoxy) is 4. The van der Waals surface area contributed by atoms with Gasteiger partial charge in [-0.25, -0.2) is 14.4 Å². The van der Waals surface area contributed by atoms with Crippen LogP contribution in [0.5, 0.6) is 17.2 Å². The van der Waals surface area contributed by atoms with Crippen molar-refractivity contribution in [2.75, 3.05) is 13.7 Å². The fourth-order valence-electron chi connectivity index (χ4n) is 4.07. The Balaban J connectivity index is 1.27. The van der Waals surface area contributed by atoms with E-state index in [1.165, 1.54) is 54.9 Å². The van der Waals surface area contributed by atoms with Gasteiger partial charge in [-0.15, -0.1) is 11.3 Å². The monoisotopic (exact) mass is 594 g/mol. The number of carbonyl (C=O) groups is 3. The van der Waals surface area contributed by atoms with Crippen molar-refractivity contribution in [1.82, 2.24) is 0 Å². The Hall–Kier alpha value is -3.88. The molecule has 0 aliphatic heterocycles. The first-order chi connectivity index (χ1) is 19.9. The standard InChI is InChI=1S/C32H31ClO7S/c1-3-4-5-6-7-8-19-38-30(34)21-9-13-23(14-10-21)39-31(35)22-11-15-24(16-12-22)40-32(36)29-28(33)26-20-25(37-2)17-18-27(26)41-29/h9-18,20H,3-8,19H2,1-2H3. The zero-order valence-electron chi connectivity index (χ0n) is 22.9. The molecule has 4 aromatic rings. The summed E-state index contributed by atoms with van der Waals surface area (Å²) < 4.78 is 22.3. The van der Waals surface area contributed by atoms with Gasteiger partial charge in [0.2, 0.25) is 0 Å². The van der Waals surface area contributed by atoms with Crippen LogP contribution >= 0.6 is 22.9 Å². The number of benzene rings is 3. The molecule has 0 amide bonds. The van der Waals surface area contributed by atoms with Gasteiger partial charge in [0.05, 0.1) is 29.9 Å². The molecule has 9 heteroatoms.